The molecule has 0 bridgehead atoms. The van der Waals surface area contributed by atoms with Crippen LogP contribution in [-0.4, -0.2) is 12.1 Å². The van der Waals surface area contributed by atoms with Gasteiger partial charge in [0.25, 0.3) is 0 Å². The van der Waals surface area contributed by atoms with Gasteiger partial charge in [0, 0.05) is 10.6 Å². The number of thioether (sulfide) groups is 2. The van der Waals surface area contributed by atoms with Crippen LogP contribution in [0.5, 0.6) is 0 Å². The second kappa shape index (κ2) is 4.32. The first-order chi connectivity index (χ1) is 6.83. The van der Waals surface area contributed by atoms with Crippen molar-refractivity contribution in [3.63, 3.8) is 0 Å². The van der Waals surface area contributed by atoms with Crippen LogP contribution >= 0.6 is 23.5 Å². The predicted molar refractivity (Wildman–Crippen MR) is 67.6 cm³/mol. The monoisotopic (exact) mass is 223 g/mol. The highest BCUT2D eigenvalue weighted by molar-refractivity contribution is 8.07. The van der Waals surface area contributed by atoms with E-state index in [2.05, 4.69) is 48.4 Å². The van der Waals surface area contributed by atoms with E-state index in [0.717, 1.165) is 5.88 Å². The van der Waals surface area contributed by atoms with Crippen molar-refractivity contribution in [1.29, 1.82) is 0 Å². The third-order valence-electron chi connectivity index (χ3n) is 2.22. The van der Waals surface area contributed by atoms with Crippen LogP contribution in [-0.2, 0) is 0 Å². The Morgan fingerprint density at radius 2 is 2.00 bits per heavy atom. The van der Waals surface area contributed by atoms with Crippen LogP contribution in [0.3, 0.4) is 0 Å². The summed E-state index contributed by atoms with van der Waals surface area (Å²) in [6.07, 6.45) is 2.14. The van der Waals surface area contributed by atoms with Gasteiger partial charge in [0.15, 0.2) is 0 Å². The van der Waals surface area contributed by atoms with Gasteiger partial charge in [0.2, 0.25) is 0 Å². The summed E-state index contributed by atoms with van der Waals surface area (Å²) in [6.45, 7) is 2.19. The predicted octanol–water partition coefficient (Wildman–Crippen LogP) is 3.75. The lowest BCUT2D eigenvalue weighted by molar-refractivity contribution is 1.16. The molecule has 0 radical (unpaired) electrons. The van der Waals surface area contributed by atoms with Crippen LogP contribution in [0.2, 0.25) is 0 Å². The zero-order chi connectivity index (χ0) is 9.97. The number of para-hydroxylation sites is 1. The van der Waals surface area contributed by atoms with E-state index in [1.807, 2.05) is 23.5 Å². The number of rotatable bonds is 2. The number of hydrogen-bond donors (Lipinski definition) is 0. The summed E-state index contributed by atoms with van der Waals surface area (Å²) < 4.78 is 0. The van der Waals surface area contributed by atoms with Crippen molar-refractivity contribution in [3.8, 4) is 0 Å². The molecule has 0 atom stereocenters. The molecular formula is C11H13NS2. The molecule has 1 aromatic carbocycles. The molecule has 3 heteroatoms. The second-order valence-electron chi connectivity index (χ2n) is 3.10. The zero-order valence-electron chi connectivity index (χ0n) is 8.36. The Kier molecular flexibility index (Phi) is 3.08. The van der Waals surface area contributed by atoms with Crippen LogP contribution in [0.15, 0.2) is 40.3 Å². The molecule has 0 spiro atoms. The van der Waals surface area contributed by atoms with Crippen molar-refractivity contribution >= 4 is 29.2 Å². The van der Waals surface area contributed by atoms with Gasteiger partial charge in [-0.2, -0.15) is 0 Å². The molecule has 1 aliphatic heterocycles. The van der Waals surface area contributed by atoms with Crippen LogP contribution in [0.25, 0.3) is 0 Å². The number of benzene rings is 1. The molecule has 2 rings (SSSR count). The molecule has 1 heterocycles. The van der Waals surface area contributed by atoms with Gasteiger partial charge in [-0.15, -0.1) is 23.5 Å². The summed E-state index contributed by atoms with van der Waals surface area (Å²) in [6, 6.07) is 10.6. The van der Waals surface area contributed by atoms with E-state index >= 15 is 0 Å². The Morgan fingerprint density at radius 1 is 1.29 bits per heavy atom. The molecule has 74 valence electrons. The minimum atomic E-state index is 1.05. The Labute approximate surface area is 93.6 Å². The molecule has 0 N–H and O–H groups in total. The minimum Gasteiger partial charge on any atom is -0.325 e. The summed E-state index contributed by atoms with van der Waals surface area (Å²) in [4.78, 5) is 3.80. The van der Waals surface area contributed by atoms with Gasteiger partial charge in [-0.05, 0) is 25.3 Å². The summed E-state index contributed by atoms with van der Waals surface area (Å²) in [5.74, 6) is 1.05. The lowest BCUT2D eigenvalue weighted by Crippen LogP contribution is -2.15. The summed E-state index contributed by atoms with van der Waals surface area (Å²) in [7, 11) is 0. The lowest BCUT2D eigenvalue weighted by atomic mass is 10.3. The van der Waals surface area contributed by atoms with Crippen molar-refractivity contribution in [2.75, 3.05) is 17.0 Å². The van der Waals surface area contributed by atoms with Gasteiger partial charge >= 0.3 is 0 Å². The van der Waals surface area contributed by atoms with Crippen molar-refractivity contribution in [3.05, 3.63) is 40.3 Å². The fourth-order valence-electron chi connectivity index (χ4n) is 1.53. The van der Waals surface area contributed by atoms with E-state index in [1.165, 1.54) is 15.6 Å². The molecular weight excluding hydrogens is 210 g/mol. The van der Waals surface area contributed by atoms with Gasteiger partial charge < -0.3 is 4.90 Å². The molecule has 1 nitrogen and oxygen atoms in total. The van der Waals surface area contributed by atoms with E-state index in [4.69, 9.17) is 0 Å². The van der Waals surface area contributed by atoms with Crippen molar-refractivity contribution in [2.45, 2.75) is 6.92 Å². The molecule has 0 amide bonds. The molecule has 0 unspecified atom stereocenters. The number of hydrogen-bond acceptors (Lipinski definition) is 3. The third kappa shape index (κ3) is 1.79. The first kappa shape index (κ1) is 9.99. The summed E-state index contributed by atoms with van der Waals surface area (Å²) >= 11 is 3.75. The van der Waals surface area contributed by atoms with Gasteiger partial charge in [-0.25, -0.2) is 0 Å². The molecule has 1 aliphatic rings. The summed E-state index contributed by atoms with van der Waals surface area (Å²) in [5, 5.41) is 1.39. The van der Waals surface area contributed by atoms with E-state index < -0.39 is 0 Å². The second-order valence-corrected chi connectivity index (χ2v) is 5.06. The van der Waals surface area contributed by atoms with Crippen LogP contribution in [0, 0.1) is 0 Å². The maximum Gasteiger partial charge on any atom is 0.0851 e. The molecule has 0 saturated carbocycles. The molecule has 0 aromatic heterocycles. The summed E-state index contributed by atoms with van der Waals surface area (Å²) in [5.41, 5.74) is 1.29. The Morgan fingerprint density at radius 3 is 2.64 bits per heavy atom. The molecule has 1 aromatic rings. The van der Waals surface area contributed by atoms with Crippen molar-refractivity contribution < 1.29 is 0 Å². The van der Waals surface area contributed by atoms with E-state index in [-0.39, 0.29) is 0 Å². The number of nitrogens with zero attached hydrogens (tertiary/aromatic N) is 1. The highest BCUT2D eigenvalue weighted by Crippen LogP contribution is 2.39. The van der Waals surface area contributed by atoms with Crippen molar-refractivity contribution in [1.82, 2.24) is 0 Å². The fourth-order valence-corrected chi connectivity index (χ4v) is 3.55. The Balaban J connectivity index is 2.29. The molecule has 0 aliphatic carbocycles. The quantitative estimate of drug-likeness (QED) is 0.752. The first-order valence-electron chi connectivity index (χ1n) is 4.53. The van der Waals surface area contributed by atoms with E-state index in [1.54, 1.807) is 0 Å². The largest absolute Gasteiger partial charge is 0.325 e. The average molecular weight is 223 g/mol. The maximum absolute atomic E-state index is 2.37. The van der Waals surface area contributed by atoms with Gasteiger partial charge in [-0.3, -0.25) is 0 Å². The standard InChI is InChI=1S/C11H13NS2/c1-9-11(13-2)12(8-14-9)10-6-4-3-5-7-10/h3-7H,8H2,1-2H3. The normalized spacial score (nSPS) is 16.6. The van der Waals surface area contributed by atoms with Gasteiger partial charge in [-0.1, -0.05) is 18.2 Å². The highest BCUT2D eigenvalue weighted by Gasteiger charge is 2.20. The minimum absolute atomic E-state index is 1.05. The third-order valence-corrected chi connectivity index (χ3v) is 4.27. The van der Waals surface area contributed by atoms with Gasteiger partial charge in [0.1, 0.15) is 0 Å². The Bertz CT molecular complexity index is 346. The van der Waals surface area contributed by atoms with E-state index in [9.17, 15) is 0 Å². The van der Waals surface area contributed by atoms with Crippen LogP contribution in [0.1, 0.15) is 6.92 Å². The maximum atomic E-state index is 2.37. The van der Waals surface area contributed by atoms with Crippen molar-refractivity contribution in [2.24, 2.45) is 0 Å². The highest BCUT2D eigenvalue weighted by atomic mass is 32.2. The first-order valence-corrected chi connectivity index (χ1v) is 6.74. The molecule has 0 saturated heterocycles. The number of anilines is 1. The van der Waals surface area contributed by atoms with Crippen LogP contribution in [0.4, 0.5) is 5.69 Å². The SMILES string of the molecule is CSC1=C(C)SCN1c1ccccc1. The zero-order valence-corrected chi connectivity index (χ0v) is 9.99. The molecule has 14 heavy (non-hydrogen) atoms. The van der Waals surface area contributed by atoms with Gasteiger partial charge in [0.05, 0.1) is 10.9 Å². The Hall–Kier alpha value is -0.540. The smallest absolute Gasteiger partial charge is 0.0851 e. The number of allylic oxidation sites excluding steroid dienone is 1. The fraction of sp³-hybridized carbons (Fsp3) is 0.273. The van der Waals surface area contributed by atoms with Crippen LogP contribution < -0.4 is 4.90 Å². The average Bonchev–Trinajstić information content (AvgIpc) is 2.61. The topological polar surface area (TPSA) is 3.24 Å². The lowest BCUT2D eigenvalue weighted by Gasteiger charge is -2.20. The van der Waals surface area contributed by atoms with E-state index in [0.29, 0.717) is 0 Å². The molecule has 0 fully saturated rings.